The standard InChI is InChI=1S/C17H19BrClN/c1-12-10-14(11-18)8-9-17(12)20(3)13(2)15-6-4-5-7-16(15)19/h4-10,13H,11H2,1-3H3. The van der Waals surface area contributed by atoms with Crippen LogP contribution in [0.2, 0.25) is 5.02 Å². The van der Waals surface area contributed by atoms with Crippen LogP contribution in [0.1, 0.15) is 29.7 Å². The summed E-state index contributed by atoms with van der Waals surface area (Å²) in [6, 6.07) is 14.8. The minimum Gasteiger partial charge on any atom is -0.368 e. The second-order valence-corrected chi connectivity index (χ2v) is 6.03. The average Bonchev–Trinajstić information content (AvgIpc) is 2.46. The summed E-state index contributed by atoms with van der Waals surface area (Å²) in [7, 11) is 2.12. The summed E-state index contributed by atoms with van der Waals surface area (Å²) in [5.74, 6) is 0. The normalized spacial score (nSPS) is 12.2. The molecule has 0 heterocycles. The molecule has 0 aliphatic heterocycles. The van der Waals surface area contributed by atoms with E-state index in [2.05, 4.69) is 66.0 Å². The first kappa shape index (κ1) is 15.4. The summed E-state index contributed by atoms with van der Waals surface area (Å²) in [6.07, 6.45) is 0. The number of hydrogen-bond acceptors (Lipinski definition) is 1. The Kier molecular flexibility index (Phi) is 5.11. The number of hydrogen-bond donors (Lipinski definition) is 0. The quantitative estimate of drug-likeness (QED) is 0.634. The Morgan fingerprint density at radius 3 is 2.50 bits per heavy atom. The summed E-state index contributed by atoms with van der Waals surface area (Å²) >= 11 is 9.80. The molecule has 20 heavy (non-hydrogen) atoms. The van der Waals surface area contributed by atoms with Crippen LogP contribution < -0.4 is 4.90 Å². The van der Waals surface area contributed by atoms with Crippen molar-refractivity contribution in [3.8, 4) is 0 Å². The Hall–Kier alpha value is -0.990. The first-order valence-electron chi connectivity index (χ1n) is 6.67. The van der Waals surface area contributed by atoms with Gasteiger partial charge in [-0.2, -0.15) is 0 Å². The summed E-state index contributed by atoms with van der Waals surface area (Å²) in [4.78, 5) is 2.27. The Balaban J connectivity index is 2.31. The van der Waals surface area contributed by atoms with Crippen molar-refractivity contribution in [2.24, 2.45) is 0 Å². The lowest BCUT2D eigenvalue weighted by Crippen LogP contribution is -2.22. The van der Waals surface area contributed by atoms with Gasteiger partial charge >= 0.3 is 0 Å². The van der Waals surface area contributed by atoms with Crippen molar-refractivity contribution >= 4 is 33.2 Å². The van der Waals surface area contributed by atoms with Crippen molar-refractivity contribution in [3.63, 3.8) is 0 Å². The predicted octanol–water partition coefficient (Wildman–Crippen LogP) is 5.74. The van der Waals surface area contributed by atoms with Gasteiger partial charge in [-0.3, -0.25) is 0 Å². The molecule has 0 aliphatic rings. The lowest BCUT2D eigenvalue weighted by atomic mass is 10.0. The number of alkyl halides is 1. The van der Waals surface area contributed by atoms with Gasteiger partial charge in [-0.1, -0.05) is 57.9 Å². The first-order valence-corrected chi connectivity index (χ1v) is 8.17. The molecule has 0 saturated heterocycles. The molecular formula is C17H19BrClN. The van der Waals surface area contributed by atoms with Crippen LogP contribution in [0.3, 0.4) is 0 Å². The Morgan fingerprint density at radius 2 is 1.90 bits per heavy atom. The highest BCUT2D eigenvalue weighted by Crippen LogP contribution is 2.32. The largest absolute Gasteiger partial charge is 0.368 e. The van der Waals surface area contributed by atoms with Gasteiger partial charge in [0.15, 0.2) is 0 Å². The molecule has 0 bridgehead atoms. The molecule has 1 nitrogen and oxygen atoms in total. The van der Waals surface area contributed by atoms with Gasteiger partial charge in [-0.15, -0.1) is 0 Å². The Bertz CT molecular complexity index is 597. The highest BCUT2D eigenvalue weighted by Gasteiger charge is 2.16. The van der Waals surface area contributed by atoms with E-state index in [-0.39, 0.29) is 6.04 Å². The maximum atomic E-state index is 6.31. The minimum absolute atomic E-state index is 0.234. The van der Waals surface area contributed by atoms with Crippen molar-refractivity contribution in [1.82, 2.24) is 0 Å². The number of aryl methyl sites for hydroxylation is 1. The fourth-order valence-electron chi connectivity index (χ4n) is 2.43. The van der Waals surface area contributed by atoms with Crippen molar-refractivity contribution in [1.29, 1.82) is 0 Å². The molecule has 0 spiro atoms. The molecule has 2 rings (SSSR count). The zero-order valence-electron chi connectivity index (χ0n) is 12.0. The summed E-state index contributed by atoms with van der Waals surface area (Å²) in [6.45, 7) is 4.33. The van der Waals surface area contributed by atoms with Crippen LogP contribution in [-0.2, 0) is 5.33 Å². The molecule has 1 unspecified atom stereocenters. The highest BCUT2D eigenvalue weighted by atomic mass is 79.9. The maximum absolute atomic E-state index is 6.31. The minimum atomic E-state index is 0.234. The van der Waals surface area contributed by atoms with Gasteiger partial charge in [0.2, 0.25) is 0 Å². The zero-order valence-corrected chi connectivity index (χ0v) is 14.4. The molecule has 0 radical (unpaired) electrons. The molecule has 1 atom stereocenters. The van der Waals surface area contributed by atoms with Crippen LogP contribution in [0.5, 0.6) is 0 Å². The summed E-state index contributed by atoms with van der Waals surface area (Å²) in [5.41, 5.74) is 4.97. The number of halogens is 2. The lowest BCUT2D eigenvalue weighted by Gasteiger charge is -2.29. The van der Waals surface area contributed by atoms with E-state index in [4.69, 9.17) is 11.6 Å². The van der Waals surface area contributed by atoms with Gasteiger partial charge in [-0.05, 0) is 42.7 Å². The van der Waals surface area contributed by atoms with Gasteiger partial charge in [0.1, 0.15) is 0 Å². The van der Waals surface area contributed by atoms with E-state index >= 15 is 0 Å². The number of benzene rings is 2. The van der Waals surface area contributed by atoms with E-state index in [9.17, 15) is 0 Å². The molecule has 0 aliphatic carbocycles. The van der Waals surface area contributed by atoms with Crippen LogP contribution in [0.4, 0.5) is 5.69 Å². The SMILES string of the molecule is Cc1cc(CBr)ccc1N(C)C(C)c1ccccc1Cl. The smallest absolute Gasteiger partial charge is 0.0525 e. The molecule has 0 saturated carbocycles. The number of rotatable bonds is 4. The van der Waals surface area contributed by atoms with E-state index in [0.29, 0.717) is 0 Å². The van der Waals surface area contributed by atoms with Crippen LogP contribution in [0, 0.1) is 6.92 Å². The van der Waals surface area contributed by atoms with Gasteiger partial charge in [0.05, 0.1) is 6.04 Å². The lowest BCUT2D eigenvalue weighted by molar-refractivity contribution is 0.737. The highest BCUT2D eigenvalue weighted by molar-refractivity contribution is 9.08. The van der Waals surface area contributed by atoms with E-state index < -0.39 is 0 Å². The second-order valence-electron chi connectivity index (χ2n) is 5.06. The zero-order chi connectivity index (χ0) is 14.7. The van der Waals surface area contributed by atoms with E-state index in [1.165, 1.54) is 16.8 Å². The molecule has 0 N–H and O–H groups in total. The Morgan fingerprint density at radius 1 is 1.20 bits per heavy atom. The van der Waals surface area contributed by atoms with Crippen LogP contribution >= 0.6 is 27.5 Å². The molecule has 3 heteroatoms. The molecule has 0 amide bonds. The van der Waals surface area contributed by atoms with Crippen molar-refractivity contribution in [2.75, 3.05) is 11.9 Å². The van der Waals surface area contributed by atoms with E-state index in [1.807, 2.05) is 18.2 Å². The fraction of sp³-hybridized carbons (Fsp3) is 0.294. The van der Waals surface area contributed by atoms with Gasteiger partial charge in [-0.25, -0.2) is 0 Å². The van der Waals surface area contributed by atoms with Crippen LogP contribution in [0.25, 0.3) is 0 Å². The van der Waals surface area contributed by atoms with Crippen LogP contribution in [-0.4, -0.2) is 7.05 Å². The average molecular weight is 353 g/mol. The molecule has 0 aromatic heterocycles. The summed E-state index contributed by atoms with van der Waals surface area (Å²) < 4.78 is 0. The monoisotopic (exact) mass is 351 g/mol. The van der Waals surface area contributed by atoms with Gasteiger partial charge in [0.25, 0.3) is 0 Å². The molecule has 106 valence electrons. The first-order chi connectivity index (χ1) is 9.54. The third-order valence-corrected chi connectivity index (χ3v) is 4.72. The van der Waals surface area contributed by atoms with Crippen molar-refractivity contribution in [2.45, 2.75) is 25.2 Å². The van der Waals surface area contributed by atoms with Crippen LogP contribution in [0.15, 0.2) is 42.5 Å². The molecule has 0 fully saturated rings. The topological polar surface area (TPSA) is 3.24 Å². The predicted molar refractivity (Wildman–Crippen MR) is 92.1 cm³/mol. The van der Waals surface area contributed by atoms with Crippen molar-refractivity contribution < 1.29 is 0 Å². The van der Waals surface area contributed by atoms with E-state index in [0.717, 1.165) is 15.9 Å². The van der Waals surface area contributed by atoms with Gasteiger partial charge < -0.3 is 4.90 Å². The van der Waals surface area contributed by atoms with E-state index in [1.54, 1.807) is 0 Å². The molecular weight excluding hydrogens is 334 g/mol. The Labute approximate surface area is 134 Å². The molecule has 2 aromatic rings. The number of anilines is 1. The fourth-order valence-corrected chi connectivity index (χ4v) is 3.07. The second kappa shape index (κ2) is 6.64. The third-order valence-electron chi connectivity index (χ3n) is 3.73. The van der Waals surface area contributed by atoms with Crippen molar-refractivity contribution in [3.05, 3.63) is 64.2 Å². The summed E-state index contributed by atoms with van der Waals surface area (Å²) in [5, 5.41) is 1.71. The maximum Gasteiger partial charge on any atom is 0.0525 e. The third kappa shape index (κ3) is 3.18. The number of nitrogens with zero attached hydrogens (tertiary/aromatic N) is 1. The van der Waals surface area contributed by atoms with Gasteiger partial charge in [0, 0.05) is 23.1 Å². The molecule has 2 aromatic carbocycles.